The standard InChI is InChI=1S/C4H8N2O2/c5-4(7)2-1-3-6-8/h3,8H,1-2H2,(H2,5,7). The van der Waals surface area contributed by atoms with Crippen LogP contribution in [0.25, 0.3) is 0 Å². The second-order valence-electron chi connectivity index (χ2n) is 1.30. The fraction of sp³-hybridized carbons (Fsp3) is 0.500. The molecule has 0 aromatic carbocycles. The van der Waals surface area contributed by atoms with Crippen LogP contribution in [0.4, 0.5) is 0 Å². The summed E-state index contributed by atoms with van der Waals surface area (Å²) in [4.78, 5) is 9.95. The second kappa shape index (κ2) is 4.11. The summed E-state index contributed by atoms with van der Waals surface area (Å²) in [5.74, 6) is -0.384. The summed E-state index contributed by atoms with van der Waals surface area (Å²) >= 11 is 0. The van der Waals surface area contributed by atoms with Crippen molar-refractivity contribution in [1.29, 1.82) is 0 Å². The average molecular weight is 116 g/mol. The number of oxime groups is 1. The maximum absolute atomic E-state index is 9.95. The predicted octanol–water partition coefficient (Wildman–Crippen LogP) is -0.288. The molecule has 3 N–H and O–H groups in total. The molecule has 0 spiro atoms. The van der Waals surface area contributed by atoms with Gasteiger partial charge < -0.3 is 10.9 Å². The van der Waals surface area contributed by atoms with Gasteiger partial charge in [-0.3, -0.25) is 4.79 Å². The molecule has 0 saturated heterocycles. The van der Waals surface area contributed by atoms with Gasteiger partial charge in [0.1, 0.15) is 0 Å². The van der Waals surface area contributed by atoms with E-state index in [9.17, 15) is 4.79 Å². The van der Waals surface area contributed by atoms with Crippen LogP contribution < -0.4 is 5.73 Å². The molecule has 1 amide bonds. The van der Waals surface area contributed by atoms with Crippen molar-refractivity contribution < 1.29 is 10.0 Å². The van der Waals surface area contributed by atoms with E-state index < -0.39 is 0 Å². The van der Waals surface area contributed by atoms with Crippen molar-refractivity contribution in [3.63, 3.8) is 0 Å². The molecule has 46 valence electrons. The molecule has 0 rings (SSSR count). The van der Waals surface area contributed by atoms with Crippen LogP contribution in [-0.2, 0) is 4.79 Å². The third kappa shape index (κ3) is 4.94. The Morgan fingerprint density at radius 2 is 2.50 bits per heavy atom. The highest BCUT2D eigenvalue weighted by atomic mass is 16.4. The molecule has 0 heterocycles. The summed E-state index contributed by atoms with van der Waals surface area (Å²) in [5, 5.41) is 10.5. The molecule has 0 aliphatic carbocycles. The molecular formula is C4H8N2O2. The molecule has 8 heavy (non-hydrogen) atoms. The number of hydrogen-bond acceptors (Lipinski definition) is 3. The van der Waals surface area contributed by atoms with Gasteiger partial charge in [-0.05, 0) is 6.42 Å². The van der Waals surface area contributed by atoms with Crippen LogP contribution >= 0.6 is 0 Å². The smallest absolute Gasteiger partial charge is 0.217 e. The van der Waals surface area contributed by atoms with Crippen LogP contribution in [0, 0.1) is 0 Å². The van der Waals surface area contributed by atoms with Crippen molar-refractivity contribution in [3.8, 4) is 0 Å². The van der Waals surface area contributed by atoms with Gasteiger partial charge in [0.2, 0.25) is 5.91 Å². The van der Waals surface area contributed by atoms with E-state index in [1.54, 1.807) is 0 Å². The summed E-state index contributed by atoms with van der Waals surface area (Å²) < 4.78 is 0. The van der Waals surface area contributed by atoms with Crippen molar-refractivity contribution in [2.24, 2.45) is 10.9 Å². The topological polar surface area (TPSA) is 75.7 Å². The first-order chi connectivity index (χ1) is 3.77. The van der Waals surface area contributed by atoms with Crippen LogP contribution in [0.2, 0.25) is 0 Å². The summed E-state index contributed by atoms with van der Waals surface area (Å²) in [6.07, 6.45) is 1.88. The van der Waals surface area contributed by atoms with E-state index in [4.69, 9.17) is 10.9 Å². The molecular weight excluding hydrogens is 108 g/mol. The molecule has 0 atom stereocenters. The van der Waals surface area contributed by atoms with E-state index >= 15 is 0 Å². The van der Waals surface area contributed by atoms with Gasteiger partial charge in [0, 0.05) is 12.6 Å². The molecule has 0 bridgehead atoms. The van der Waals surface area contributed by atoms with E-state index in [1.165, 1.54) is 6.21 Å². The Morgan fingerprint density at radius 1 is 1.88 bits per heavy atom. The molecule has 0 unspecified atom stereocenters. The van der Waals surface area contributed by atoms with E-state index in [0.717, 1.165) is 0 Å². The largest absolute Gasteiger partial charge is 0.411 e. The van der Waals surface area contributed by atoms with E-state index in [1.807, 2.05) is 0 Å². The fourth-order valence-electron chi connectivity index (χ4n) is 0.265. The zero-order valence-electron chi connectivity index (χ0n) is 4.37. The number of carbonyl (C=O) groups excluding carboxylic acids is 1. The molecule has 0 aliphatic heterocycles. The first-order valence-corrected chi connectivity index (χ1v) is 2.21. The summed E-state index contributed by atoms with van der Waals surface area (Å²) in [5.41, 5.74) is 4.75. The van der Waals surface area contributed by atoms with Gasteiger partial charge in [-0.25, -0.2) is 0 Å². The van der Waals surface area contributed by atoms with Gasteiger partial charge in [0.25, 0.3) is 0 Å². The third-order valence-corrected chi connectivity index (χ3v) is 0.601. The highest BCUT2D eigenvalue weighted by Gasteiger charge is 1.88. The van der Waals surface area contributed by atoms with E-state index in [-0.39, 0.29) is 12.3 Å². The normalized spacial score (nSPS) is 10.0. The quantitative estimate of drug-likeness (QED) is 0.302. The molecule has 0 aromatic rings. The molecule has 0 aromatic heterocycles. The molecule has 4 nitrogen and oxygen atoms in total. The van der Waals surface area contributed by atoms with Gasteiger partial charge in [-0.1, -0.05) is 0 Å². The molecule has 0 fully saturated rings. The van der Waals surface area contributed by atoms with Crippen LogP contribution in [0.15, 0.2) is 5.16 Å². The number of hydrogen-bond donors (Lipinski definition) is 2. The Labute approximate surface area is 47.0 Å². The Balaban J connectivity index is 3.05. The van der Waals surface area contributed by atoms with Gasteiger partial charge in [-0.15, -0.1) is 5.16 Å². The summed E-state index contributed by atoms with van der Waals surface area (Å²) in [6, 6.07) is 0. The molecule has 0 aliphatic rings. The lowest BCUT2D eigenvalue weighted by molar-refractivity contribution is -0.117. The highest BCUT2D eigenvalue weighted by molar-refractivity contribution is 5.76. The predicted molar refractivity (Wildman–Crippen MR) is 28.7 cm³/mol. The first kappa shape index (κ1) is 6.94. The number of nitrogens with two attached hydrogens (primary N) is 1. The van der Waals surface area contributed by atoms with Crippen LogP contribution in [-0.4, -0.2) is 17.3 Å². The van der Waals surface area contributed by atoms with Crippen LogP contribution in [0.1, 0.15) is 12.8 Å². The van der Waals surface area contributed by atoms with E-state index in [2.05, 4.69) is 5.16 Å². The number of nitrogens with zero attached hydrogens (tertiary/aromatic N) is 1. The lowest BCUT2D eigenvalue weighted by Crippen LogP contribution is -2.09. The first-order valence-electron chi connectivity index (χ1n) is 2.21. The minimum atomic E-state index is -0.384. The zero-order chi connectivity index (χ0) is 6.41. The van der Waals surface area contributed by atoms with Crippen molar-refractivity contribution in [3.05, 3.63) is 0 Å². The fourth-order valence-corrected chi connectivity index (χ4v) is 0.265. The number of primary amides is 1. The molecule has 0 radical (unpaired) electrons. The molecule has 0 saturated carbocycles. The number of amides is 1. The lowest BCUT2D eigenvalue weighted by Gasteiger charge is -1.83. The van der Waals surface area contributed by atoms with Crippen molar-refractivity contribution in [2.45, 2.75) is 12.8 Å². The summed E-state index contributed by atoms with van der Waals surface area (Å²) in [7, 11) is 0. The highest BCUT2D eigenvalue weighted by Crippen LogP contribution is 1.80. The van der Waals surface area contributed by atoms with Gasteiger partial charge in [-0.2, -0.15) is 0 Å². The summed E-state index contributed by atoms with van der Waals surface area (Å²) in [6.45, 7) is 0. The van der Waals surface area contributed by atoms with Gasteiger partial charge in [0.05, 0.1) is 0 Å². The third-order valence-electron chi connectivity index (χ3n) is 0.601. The maximum atomic E-state index is 9.95. The Bertz CT molecular complexity index is 100. The van der Waals surface area contributed by atoms with Crippen molar-refractivity contribution in [1.82, 2.24) is 0 Å². The monoisotopic (exact) mass is 116 g/mol. The number of rotatable bonds is 3. The Kier molecular flexibility index (Phi) is 3.56. The Hall–Kier alpha value is -1.06. The maximum Gasteiger partial charge on any atom is 0.217 e. The number of carbonyl (C=O) groups is 1. The van der Waals surface area contributed by atoms with Crippen LogP contribution in [0.3, 0.4) is 0 Å². The SMILES string of the molecule is NC(=O)CCC=NO. The molecule has 4 heteroatoms. The average Bonchev–Trinajstić information content (AvgIpc) is 1.66. The van der Waals surface area contributed by atoms with Crippen molar-refractivity contribution in [2.75, 3.05) is 0 Å². The van der Waals surface area contributed by atoms with Crippen LogP contribution in [0.5, 0.6) is 0 Å². The minimum absolute atomic E-state index is 0.240. The van der Waals surface area contributed by atoms with E-state index in [0.29, 0.717) is 6.42 Å². The Morgan fingerprint density at radius 3 is 2.88 bits per heavy atom. The second-order valence-corrected chi connectivity index (χ2v) is 1.30. The van der Waals surface area contributed by atoms with Crippen molar-refractivity contribution >= 4 is 12.1 Å². The minimum Gasteiger partial charge on any atom is -0.411 e. The van der Waals surface area contributed by atoms with Gasteiger partial charge >= 0.3 is 0 Å². The lowest BCUT2D eigenvalue weighted by atomic mass is 10.3. The van der Waals surface area contributed by atoms with Gasteiger partial charge in [0.15, 0.2) is 0 Å². The zero-order valence-corrected chi connectivity index (χ0v) is 4.37.